The van der Waals surface area contributed by atoms with Gasteiger partial charge in [-0.25, -0.2) is 0 Å². The number of benzene rings is 1. The smallest absolute Gasteiger partial charge is 0.537 e. The van der Waals surface area contributed by atoms with Crippen LogP contribution >= 0.6 is 0 Å². The van der Waals surface area contributed by atoms with Crippen LogP contribution in [0.5, 0.6) is 23.0 Å². The molecule has 0 spiro atoms. The van der Waals surface area contributed by atoms with Gasteiger partial charge in [-0.1, -0.05) is 5.92 Å². The Morgan fingerprint density at radius 3 is 1.56 bits per heavy atom. The van der Waals surface area contributed by atoms with Crippen molar-refractivity contribution in [2.24, 2.45) is 0 Å². The predicted octanol–water partition coefficient (Wildman–Crippen LogP) is -4.12. The molecule has 0 amide bonds. The summed E-state index contributed by atoms with van der Waals surface area (Å²) in [7, 11) is 0. The van der Waals surface area contributed by atoms with Gasteiger partial charge in [0.25, 0.3) is 0 Å². The molecule has 7 heteroatoms. The third kappa shape index (κ3) is 5.84. The first-order valence-corrected chi connectivity index (χ1v) is 3.50. The Morgan fingerprint density at radius 2 is 1.38 bits per heavy atom. The van der Waals surface area contributed by atoms with Gasteiger partial charge >= 0.3 is 51.4 Å². The molecular formula is C9H7KO6. The van der Waals surface area contributed by atoms with E-state index in [-0.39, 0.29) is 51.4 Å². The zero-order chi connectivity index (χ0) is 12.0. The number of hydrogen-bond acceptors (Lipinski definition) is 6. The van der Waals surface area contributed by atoms with Gasteiger partial charge in [0.2, 0.25) is 11.5 Å². The minimum Gasteiger partial charge on any atom is -0.537 e. The van der Waals surface area contributed by atoms with Crippen molar-refractivity contribution in [1.82, 2.24) is 0 Å². The SMILES string of the molecule is C#CC(=O)[O-].Oc1ccc(O)c(O)c1O.[K+]. The maximum atomic E-state index is 9.02. The monoisotopic (exact) mass is 250 g/mol. The largest absolute Gasteiger partial charge is 1.00 e. The predicted molar refractivity (Wildman–Crippen MR) is 46.9 cm³/mol. The van der Waals surface area contributed by atoms with Gasteiger partial charge in [0.15, 0.2) is 11.5 Å². The molecule has 0 bridgehead atoms. The van der Waals surface area contributed by atoms with E-state index in [1.165, 1.54) is 5.92 Å². The average Bonchev–Trinajstić information content (AvgIpc) is 2.21. The van der Waals surface area contributed by atoms with Crippen molar-refractivity contribution in [3.05, 3.63) is 12.1 Å². The molecule has 0 aliphatic carbocycles. The summed E-state index contributed by atoms with van der Waals surface area (Å²) in [4.78, 5) is 9.02. The average molecular weight is 250 g/mol. The van der Waals surface area contributed by atoms with Gasteiger partial charge in [-0.2, -0.15) is 0 Å². The molecule has 1 aromatic carbocycles. The fourth-order valence-corrected chi connectivity index (χ4v) is 0.558. The molecule has 1 aromatic rings. The summed E-state index contributed by atoms with van der Waals surface area (Å²) in [6.07, 6.45) is 4.26. The second-order valence-corrected chi connectivity index (χ2v) is 2.23. The Bertz CT molecular complexity index is 382. The molecule has 0 unspecified atom stereocenters. The maximum Gasteiger partial charge on any atom is 1.00 e. The Balaban J connectivity index is 0. The van der Waals surface area contributed by atoms with E-state index in [0.29, 0.717) is 0 Å². The number of rotatable bonds is 0. The molecule has 6 nitrogen and oxygen atoms in total. The van der Waals surface area contributed by atoms with E-state index in [4.69, 9.17) is 30.3 Å². The van der Waals surface area contributed by atoms with Crippen LogP contribution in [-0.4, -0.2) is 26.4 Å². The minimum atomic E-state index is -1.47. The van der Waals surface area contributed by atoms with Crippen LogP contribution in [0.4, 0.5) is 0 Å². The van der Waals surface area contributed by atoms with Crippen molar-refractivity contribution in [2.45, 2.75) is 0 Å². The topological polar surface area (TPSA) is 121 Å². The van der Waals surface area contributed by atoms with Crippen LogP contribution in [0.3, 0.4) is 0 Å². The molecular weight excluding hydrogens is 243 g/mol. The minimum absolute atomic E-state index is 0. The Kier molecular flexibility index (Phi) is 9.03. The van der Waals surface area contributed by atoms with Gasteiger partial charge in [0.1, 0.15) is 5.97 Å². The summed E-state index contributed by atoms with van der Waals surface area (Å²) >= 11 is 0. The third-order valence-electron chi connectivity index (χ3n) is 1.23. The number of carbonyl (C=O) groups is 1. The van der Waals surface area contributed by atoms with E-state index in [1.807, 2.05) is 0 Å². The normalized spacial score (nSPS) is 7.69. The van der Waals surface area contributed by atoms with Crippen molar-refractivity contribution in [2.75, 3.05) is 0 Å². The van der Waals surface area contributed by atoms with Gasteiger partial charge in [-0.3, -0.25) is 0 Å². The molecule has 0 aliphatic rings. The number of carboxylic acid groups (broad SMARTS) is 1. The van der Waals surface area contributed by atoms with E-state index in [2.05, 4.69) is 6.42 Å². The molecule has 0 radical (unpaired) electrons. The van der Waals surface area contributed by atoms with Gasteiger partial charge in [0, 0.05) is 0 Å². The summed E-state index contributed by atoms with van der Waals surface area (Å²) in [6, 6.07) is 2.15. The number of terminal acetylenes is 1. The number of carboxylic acids is 1. The molecule has 1 rings (SSSR count). The molecule has 0 heterocycles. The summed E-state index contributed by atoms with van der Waals surface area (Å²) in [5.41, 5.74) is 0. The van der Waals surface area contributed by atoms with Crippen molar-refractivity contribution in [1.29, 1.82) is 0 Å². The molecule has 0 aromatic heterocycles. The van der Waals surface area contributed by atoms with Gasteiger partial charge < -0.3 is 30.3 Å². The number of phenols is 4. The fraction of sp³-hybridized carbons (Fsp3) is 0. The van der Waals surface area contributed by atoms with Crippen LogP contribution in [0, 0.1) is 12.3 Å². The van der Waals surface area contributed by atoms with Crippen molar-refractivity contribution in [3.8, 4) is 35.3 Å². The Morgan fingerprint density at radius 1 is 1.12 bits per heavy atom. The first-order chi connectivity index (χ1) is 6.90. The standard InChI is InChI=1S/C6H6O4.C3H2O2.K/c7-3-1-2-4(8)6(10)5(3)9;1-2-3(4)5;/h1-2,7-10H;1H,(H,4,5);/q;;+1/p-1. The molecule has 0 fully saturated rings. The van der Waals surface area contributed by atoms with E-state index in [0.717, 1.165) is 12.1 Å². The van der Waals surface area contributed by atoms with Crippen LogP contribution in [0.15, 0.2) is 12.1 Å². The van der Waals surface area contributed by atoms with Crippen LogP contribution < -0.4 is 56.5 Å². The summed E-state index contributed by atoms with van der Waals surface area (Å²) < 4.78 is 0. The van der Waals surface area contributed by atoms with Crippen molar-refractivity contribution in [3.63, 3.8) is 0 Å². The van der Waals surface area contributed by atoms with E-state index < -0.39 is 29.0 Å². The first-order valence-electron chi connectivity index (χ1n) is 3.50. The fourth-order valence-electron chi connectivity index (χ4n) is 0.558. The first kappa shape index (κ1) is 17.5. The second-order valence-electron chi connectivity index (χ2n) is 2.23. The number of hydrogen-bond donors (Lipinski definition) is 4. The van der Waals surface area contributed by atoms with Gasteiger partial charge in [-0.15, -0.1) is 6.42 Å². The molecule has 0 saturated carbocycles. The second kappa shape index (κ2) is 8.26. The quantitative estimate of drug-likeness (QED) is 0.161. The summed E-state index contributed by atoms with van der Waals surface area (Å²) in [5.74, 6) is -2.48. The van der Waals surface area contributed by atoms with Crippen LogP contribution in [0.25, 0.3) is 0 Å². The van der Waals surface area contributed by atoms with Gasteiger partial charge in [-0.05, 0) is 12.1 Å². The molecule has 0 atom stereocenters. The van der Waals surface area contributed by atoms with Crippen molar-refractivity contribution >= 4 is 5.97 Å². The van der Waals surface area contributed by atoms with E-state index in [1.54, 1.807) is 0 Å². The van der Waals surface area contributed by atoms with Crippen LogP contribution in [0.1, 0.15) is 0 Å². The van der Waals surface area contributed by atoms with E-state index in [9.17, 15) is 0 Å². The third-order valence-corrected chi connectivity index (χ3v) is 1.23. The number of carbonyl (C=O) groups excluding carboxylic acids is 1. The number of phenolic OH excluding ortho intramolecular Hbond substituents is 4. The zero-order valence-electron chi connectivity index (χ0n) is 8.34. The van der Waals surface area contributed by atoms with Gasteiger partial charge in [0.05, 0.1) is 0 Å². The molecule has 4 N–H and O–H groups in total. The van der Waals surface area contributed by atoms with Crippen LogP contribution in [0.2, 0.25) is 0 Å². The molecule has 80 valence electrons. The van der Waals surface area contributed by atoms with E-state index >= 15 is 0 Å². The molecule has 0 aliphatic heterocycles. The zero-order valence-corrected chi connectivity index (χ0v) is 11.5. The molecule has 0 saturated heterocycles. The number of aromatic hydroxyl groups is 4. The summed E-state index contributed by atoms with van der Waals surface area (Å²) in [6.45, 7) is 0. The summed E-state index contributed by atoms with van der Waals surface area (Å²) in [5, 5.41) is 43.9. The van der Waals surface area contributed by atoms with Crippen LogP contribution in [-0.2, 0) is 4.79 Å². The Labute approximate surface area is 134 Å². The molecule has 16 heavy (non-hydrogen) atoms. The van der Waals surface area contributed by atoms with Crippen molar-refractivity contribution < 1.29 is 81.7 Å². The number of aliphatic carboxylic acids is 1. The Hall–Kier alpha value is -0.914. The maximum absolute atomic E-state index is 9.02.